The van der Waals surface area contributed by atoms with E-state index in [0.29, 0.717) is 10.8 Å². The first-order valence-electron chi connectivity index (χ1n) is 7.05. The van der Waals surface area contributed by atoms with Gasteiger partial charge in [0.25, 0.3) is 0 Å². The van der Waals surface area contributed by atoms with Crippen LogP contribution >= 0.6 is 11.6 Å². The number of ether oxygens (including phenoxy) is 2. The maximum absolute atomic E-state index is 11.9. The van der Waals surface area contributed by atoms with Gasteiger partial charge in [-0.2, -0.15) is 0 Å². The van der Waals surface area contributed by atoms with Crippen LogP contribution in [0.15, 0.2) is 30.3 Å². The molecule has 0 heterocycles. The second-order valence-electron chi connectivity index (χ2n) is 5.33. The third kappa shape index (κ3) is 3.80. The Kier molecular flexibility index (Phi) is 5.09. The Morgan fingerprint density at radius 1 is 1.00 bits per heavy atom. The van der Waals surface area contributed by atoms with E-state index in [2.05, 4.69) is 0 Å². The molecule has 0 amide bonds. The number of aryl methyl sites for hydroxylation is 3. The van der Waals surface area contributed by atoms with Crippen LogP contribution in [-0.4, -0.2) is 12.6 Å². The number of hydrogen-bond acceptors (Lipinski definition) is 3. The molecule has 0 N–H and O–H groups in total. The lowest BCUT2D eigenvalue weighted by atomic mass is 10.1. The summed E-state index contributed by atoms with van der Waals surface area (Å²) in [5.74, 6) is 0.763. The second-order valence-corrected chi connectivity index (χ2v) is 5.73. The van der Waals surface area contributed by atoms with E-state index >= 15 is 0 Å². The SMILES string of the molecule is Cc1cc(OC(=O)COc2c(C)ccc(C)c2C)ccc1Cl. The molecule has 0 aliphatic heterocycles. The Morgan fingerprint density at radius 2 is 1.68 bits per heavy atom. The first-order chi connectivity index (χ1) is 10.4. The summed E-state index contributed by atoms with van der Waals surface area (Å²) in [7, 11) is 0. The molecule has 0 unspecified atom stereocenters. The quantitative estimate of drug-likeness (QED) is 0.612. The summed E-state index contributed by atoms with van der Waals surface area (Å²) in [4.78, 5) is 11.9. The van der Waals surface area contributed by atoms with Gasteiger partial charge in [-0.3, -0.25) is 0 Å². The van der Waals surface area contributed by atoms with Crippen LogP contribution in [0.25, 0.3) is 0 Å². The van der Waals surface area contributed by atoms with Crippen LogP contribution in [0.2, 0.25) is 5.02 Å². The highest BCUT2D eigenvalue weighted by Crippen LogP contribution is 2.26. The van der Waals surface area contributed by atoms with Crippen LogP contribution in [0.5, 0.6) is 11.5 Å². The predicted octanol–water partition coefficient (Wildman–Crippen LogP) is 4.56. The minimum absolute atomic E-state index is 0.132. The Bertz CT molecular complexity index is 708. The Balaban J connectivity index is 2.01. The molecule has 116 valence electrons. The van der Waals surface area contributed by atoms with Gasteiger partial charge in [-0.15, -0.1) is 0 Å². The van der Waals surface area contributed by atoms with Crippen molar-refractivity contribution in [1.82, 2.24) is 0 Å². The van der Waals surface area contributed by atoms with Crippen molar-refractivity contribution in [1.29, 1.82) is 0 Å². The van der Waals surface area contributed by atoms with Gasteiger partial charge in [0, 0.05) is 5.02 Å². The molecular formula is C18H19ClO3. The van der Waals surface area contributed by atoms with E-state index in [1.165, 1.54) is 0 Å². The molecule has 0 aliphatic rings. The van der Waals surface area contributed by atoms with E-state index in [1.807, 2.05) is 39.8 Å². The minimum atomic E-state index is -0.443. The number of halogens is 1. The molecule has 0 fully saturated rings. The zero-order chi connectivity index (χ0) is 16.3. The van der Waals surface area contributed by atoms with E-state index in [9.17, 15) is 4.79 Å². The van der Waals surface area contributed by atoms with Gasteiger partial charge in [-0.05, 0) is 68.1 Å². The van der Waals surface area contributed by atoms with Crippen LogP contribution < -0.4 is 9.47 Å². The molecule has 0 saturated heterocycles. The van der Waals surface area contributed by atoms with Gasteiger partial charge in [-0.25, -0.2) is 4.79 Å². The maximum Gasteiger partial charge on any atom is 0.349 e. The van der Waals surface area contributed by atoms with Crippen molar-refractivity contribution in [2.75, 3.05) is 6.61 Å². The zero-order valence-corrected chi connectivity index (χ0v) is 14.0. The van der Waals surface area contributed by atoms with Crippen molar-refractivity contribution in [3.8, 4) is 11.5 Å². The summed E-state index contributed by atoms with van der Waals surface area (Å²) in [5, 5.41) is 0.641. The summed E-state index contributed by atoms with van der Waals surface area (Å²) >= 11 is 5.94. The standard InChI is InChI=1S/C18H19ClO3/c1-11-5-6-12(2)18(14(11)4)21-10-17(20)22-15-7-8-16(19)13(3)9-15/h5-9H,10H2,1-4H3. The third-order valence-electron chi connectivity index (χ3n) is 3.57. The van der Waals surface area contributed by atoms with E-state index < -0.39 is 5.97 Å². The molecule has 22 heavy (non-hydrogen) atoms. The molecule has 3 nitrogen and oxygen atoms in total. The average Bonchev–Trinajstić information content (AvgIpc) is 2.47. The maximum atomic E-state index is 11.9. The fraction of sp³-hybridized carbons (Fsp3) is 0.278. The minimum Gasteiger partial charge on any atom is -0.481 e. The summed E-state index contributed by atoms with van der Waals surface area (Å²) in [6.07, 6.45) is 0. The van der Waals surface area contributed by atoms with Gasteiger partial charge in [0.15, 0.2) is 6.61 Å². The highest BCUT2D eigenvalue weighted by Gasteiger charge is 2.11. The monoisotopic (exact) mass is 318 g/mol. The number of carbonyl (C=O) groups excluding carboxylic acids is 1. The summed E-state index contributed by atoms with van der Waals surface area (Å²) < 4.78 is 10.9. The molecule has 0 aromatic heterocycles. The van der Waals surface area contributed by atoms with E-state index in [1.54, 1.807) is 18.2 Å². The van der Waals surface area contributed by atoms with Crippen LogP contribution in [0.4, 0.5) is 0 Å². The topological polar surface area (TPSA) is 35.5 Å². The Hall–Kier alpha value is -2.00. The second kappa shape index (κ2) is 6.84. The fourth-order valence-electron chi connectivity index (χ4n) is 2.12. The van der Waals surface area contributed by atoms with Gasteiger partial charge >= 0.3 is 5.97 Å². The fourth-order valence-corrected chi connectivity index (χ4v) is 2.24. The van der Waals surface area contributed by atoms with Gasteiger partial charge in [-0.1, -0.05) is 23.7 Å². The van der Waals surface area contributed by atoms with Crippen LogP contribution in [-0.2, 0) is 4.79 Å². The lowest BCUT2D eigenvalue weighted by molar-refractivity contribution is -0.136. The van der Waals surface area contributed by atoms with Crippen LogP contribution in [0, 0.1) is 27.7 Å². The van der Waals surface area contributed by atoms with E-state index in [-0.39, 0.29) is 6.61 Å². The molecular weight excluding hydrogens is 300 g/mol. The van der Waals surface area contributed by atoms with Gasteiger partial charge in [0.05, 0.1) is 0 Å². The normalized spacial score (nSPS) is 10.4. The molecule has 0 spiro atoms. The van der Waals surface area contributed by atoms with Crippen molar-refractivity contribution >= 4 is 17.6 Å². The number of carbonyl (C=O) groups is 1. The Morgan fingerprint density at radius 3 is 2.36 bits per heavy atom. The first kappa shape index (κ1) is 16.4. The molecule has 0 radical (unpaired) electrons. The van der Waals surface area contributed by atoms with Crippen LogP contribution in [0.3, 0.4) is 0 Å². The molecule has 0 aliphatic carbocycles. The summed E-state index contributed by atoms with van der Waals surface area (Å²) in [6, 6.07) is 9.10. The Labute approximate surface area is 135 Å². The molecule has 0 saturated carbocycles. The van der Waals surface area contributed by atoms with Crippen molar-refractivity contribution in [3.63, 3.8) is 0 Å². The number of esters is 1. The van der Waals surface area contributed by atoms with E-state index in [4.69, 9.17) is 21.1 Å². The predicted molar refractivity (Wildman–Crippen MR) is 88.0 cm³/mol. The summed E-state index contributed by atoms with van der Waals surface area (Å²) in [6.45, 7) is 7.67. The number of rotatable bonds is 4. The lowest BCUT2D eigenvalue weighted by Crippen LogP contribution is -2.18. The zero-order valence-electron chi connectivity index (χ0n) is 13.2. The van der Waals surface area contributed by atoms with Gasteiger partial charge in [0.2, 0.25) is 0 Å². The lowest BCUT2D eigenvalue weighted by Gasteiger charge is -2.13. The van der Waals surface area contributed by atoms with Gasteiger partial charge in [0.1, 0.15) is 11.5 Å². The average molecular weight is 319 g/mol. The molecule has 0 bridgehead atoms. The van der Waals surface area contributed by atoms with Crippen molar-refractivity contribution < 1.29 is 14.3 Å². The highest BCUT2D eigenvalue weighted by atomic mass is 35.5. The molecule has 4 heteroatoms. The number of benzene rings is 2. The number of hydrogen-bond donors (Lipinski definition) is 0. The molecule has 2 aromatic rings. The molecule has 2 aromatic carbocycles. The third-order valence-corrected chi connectivity index (χ3v) is 3.99. The van der Waals surface area contributed by atoms with Crippen molar-refractivity contribution in [3.05, 3.63) is 57.6 Å². The van der Waals surface area contributed by atoms with Crippen molar-refractivity contribution in [2.24, 2.45) is 0 Å². The van der Waals surface area contributed by atoms with Crippen LogP contribution in [0.1, 0.15) is 22.3 Å². The molecule has 0 atom stereocenters. The summed E-state index contributed by atoms with van der Waals surface area (Å²) in [5.41, 5.74) is 4.02. The largest absolute Gasteiger partial charge is 0.481 e. The first-order valence-corrected chi connectivity index (χ1v) is 7.42. The molecule has 2 rings (SSSR count). The smallest absolute Gasteiger partial charge is 0.349 e. The van der Waals surface area contributed by atoms with Gasteiger partial charge < -0.3 is 9.47 Å². The van der Waals surface area contributed by atoms with E-state index in [0.717, 1.165) is 28.0 Å². The highest BCUT2D eigenvalue weighted by molar-refractivity contribution is 6.31. The van der Waals surface area contributed by atoms with Crippen molar-refractivity contribution in [2.45, 2.75) is 27.7 Å².